The molecule has 0 spiro atoms. The SMILES string of the molecule is CC(C)C[C@H](NC(=O)[C@@H](NC(=O)c1cccc(-c2ccccc2)n1)[C@@H](C)OC(=O)N1CCN(Cc2ccc(-n3c(O)nnc3-c3cc(C(C)C)c(O)cc3O)cc2)CC1)B(O)O. The zero-order valence-corrected chi connectivity index (χ0v) is 35.3. The van der Waals surface area contributed by atoms with Crippen molar-refractivity contribution < 1.29 is 44.5 Å². The minimum Gasteiger partial charge on any atom is -0.508 e. The average molecular weight is 849 g/mol. The first-order chi connectivity index (χ1) is 29.6. The van der Waals surface area contributed by atoms with Crippen LogP contribution in [0.4, 0.5) is 4.79 Å². The minimum absolute atomic E-state index is 0.00277. The molecule has 62 heavy (non-hydrogen) atoms. The normalized spacial score (nSPS) is 14.6. The number of carbonyl (C=O) groups is 3. The van der Waals surface area contributed by atoms with Crippen molar-refractivity contribution in [3.8, 4) is 45.8 Å². The van der Waals surface area contributed by atoms with Gasteiger partial charge >= 0.3 is 19.2 Å². The van der Waals surface area contributed by atoms with Crippen LogP contribution in [-0.2, 0) is 16.1 Å². The fourth-order valence-corrected chi connectivity index (χ4v) is 7.30. The van der Waals surface area contributed by atoms with E-state index in [-0.39, 0.29) is 47.3 Å². The first-order valence-corrected chi connectivity index (χ1v) is 20.6. The molecule has 0 bridgehead atoms. The number of rotatable bonds is 15. The van der Waals surface area contributed by atoms with Crippen LogP contribution in [0.3, 0.4) is 0 Å². The highest BCUT2D eigenvalue weighted by molar-refractivity contribution is 6.43. The Morgan fingerprint density at radius 1 is 0.806 bits per heavy atom. The zero-order valence-electron chi connectivity index (χ0n) is 35.3. The topological polar surface area (TPSA) is 236 Å². The highest BCUT2D eigenvalue weighted by Crippen LogP contribution is 2.39. The fourth-order valence-electron chi connectivity index (χ4n) is 7.30. The lowest BCUT2D eigenvalue weighted by molar-refractivity contribution is -0.126. The lowest BCUT2D eigenvalue weighted by atomic mass is 9.75. The third kappa shape index (κ3) is 10.9. The second-order valence-electron chi connectivity index (χ2n) is 16.1. The van der Waals surface area contributed by atoms with Crippen molar-refractivity contribution in [3.05, 3.63) is 102 Å². The van der Waals surface area contributed by atoms with E-state index in [1.165, 1.54) is 28.5 Å². The van der Waals surface area contributed by atoms with Gasteiger partial charge in [0.15, 0.2) is 5.82 Å². The highest BCUT2D eigenvalue weighted by Gasteiger charge is 2.36. The zero-order chi connectivity index (χ0) is 44.7. The van der Waals surface area contributed by atoms with Gasteiger partial charge in [-0.3, -0.25) is 14.5 Å². The predicted octanol–water partition coefficient (Wildman–Crippen LogP) is 4.22. The van der Waals surface area contributed by atoms with Crippen LogP contribution >= 0.6 is 0 Å². The van der Waals surface area contributed by atoms with Gasteiger partial charge in [0.2, 0.25) is 5.91 Å². The Morgan fingerprint density at radius 2 is 1.50 bits per heavy atom. The molecule has 2 aromatic heterocycles. The summed E-state index contributed by atoms with van der Waals surface area (Å²) in [5.74, 6) is -2.58. The van der Waals surface area contributed by atoms with E-state index in [0.29, 0.717) is 55.2 Å². The van der Waals surface area contributed by atoms with Crippen LogP contribution < -0.4 is 10.6 Å². The lowest BCUT2D eigenvalue weighted by Crippen LogP contribution is -2.59. The number of nitrogens with zero attached hydrogens (tertiary/aromatic N) is 6. The van der Waals surface area contributed by atoms with Crippen molar-refractivity contribution in [1.82, 2.24) is 40.2 Å². The Hall–Kier alpha value is -6.50. The van der Waals surface area contributed by atoms with E-state index in [9.17, 15) is 39.8 Å². The molecule has 326 valence electrons. The number of phenolic OH excluding ortho intramolecular Hbond substituents is 2. The van der Waals surface area contributed by atoms with Crippen molar-refractivity contribution in [3.63, 3.8) is 0 Å². The van der Waals surface area contributed by atoms with Gasteiger partial charge in [0.1, 0.15) is 29.3 Å². The maximum atomic E-state index is 13.7. The Kier molecular flexibility index (Phi) is 14.5. The van der Waals surface area contributed by atoms with Gasteiger partial charge in [-0.05, 0) is 66.6 Å². The first-order valence-electron chi connectivity index (χ1n) is 20.6. The fraction of sp³-hybridized carbons (Fsp3) is 0.364. The van der Waals surface area contributed by atoms with Gasteiger partial charge in [-0.15, -0.1) is 5.10 Å². The molecule has 18 heteroatoms. The molecule has 0 aliphatic carbocycles. The predicted molar refractivity (Wildman–Crippen MR) is 231 cm³/mol. The molecule has 5 aromatic rings. The molecule has 1 fully saturated rings. The van der Waals surface area contributed by atoms with Gasteiger partial charge in [0, 0.05) is 44.4 Å². The number of hydrogen-bond donors (Lipinski definition) is 7. The molecule has 1 aliphatic heterocycles. The molecule has 3 amide bonds. The number of piperazine rings is 1. The second kappa shape index (κ2) is 19.9. The van der Waals surface area contributed by atoms with Gasteiger partial charge in [0.25, 0.3) is 5.91 Å². The Bertz CT molecular complexity index is 2330. The van der Waals surface area contributed by atoms with Crippen molar-refractivity contribution in [2.24, 2.45) is 5.92 Å². The van der Waals surface area contributed by atoms with Gasteiger partial charge in [-0.25, -0.2) is 14.3 Å². The molecule has 3 atom stereocenters. The maximum absolute atomic E-state index is 13.7. The third-order valence-electron chi connectivity index (χ3n) is 10.7. The van der Waals surface area contributed by atoms with Crippen LogP contribution in [0.1, 0.15) is 68.6 Å². The van der Waals surface area contributed by atoms with E-state index in [0.717, 1.165) is 11.1 Å². The Labute approximate surface area is 360 Å². The summed E-state index contributed by atoms with van der Waals surface area (Å²) < 4.78 is 7.21. The number of hydrogen-bond acceptors (Lipinski definition) is 13. The number of benzene rings is 3. The van der Waals surface area contributed by atoms with Crippen molar-refractivity contribution >= 4 is 25.0 Å². The summed E-state index contributed by atoms with van der Waals surface area (Å²) in [4.78, 5) is 49.0. The quantitative estimate of drug-likeness (QED) is 0.0732. The molecular formula is C44H53BN8O9. The molecule has 17 nitrogen and oxygen atoms in total. The Balaban J connectivity index is 1.09. The highest BCUT2D eigenvalue weighted by atomic mass is 16.6. The first kappa shape index (κ1) is 45.0. The Morgan fingerprint density at radius 3 is 2.15 bits per heavy atom. The van der Waals surface area contributed by atoms with Gasteiger partial charge in [-0.1, -0.05) is 81.3 Å². The number of phenols is 2. The van der Waals surface area contributed by atoms with Crippen LogP contribution in [0.15, 0.2) is 84.9 Å². The van der Waals surface area contributed by atoms with E-state index in [2.05, 4.69) is 30.7 Å². The molecule has 3 aromatic carbocycles. The van der Waals surface area contributed by atoms with Crippen molar-refractivity contribution in [1.29, 1.82) is 0 Å². The maximum Gasteiger partial charge on any atom is 0.475 e. The summed E-state index contributed by atoms with van der Waals surface area (Å²) >= 11 is 0. The number of pyridine rings is 1. The summed E-state index contributed by atoms with van der Waals surface area (Å²) in [6, 6.07) is 22.7. The molecule has 7 N–H and O–H groups in total. The number of nitrogens with one attached hydrogen (secondary N) is 2. The van der Waals surface area contributed by atoms with Crippen LogP contribution in [0.25, 0.3) is 28.3 Å². The lowest BCUT2D eigenvalue weighted by Gasteiger charge is -2.35. The van der Waals surface area contributed by atoms with Crippen molar-refractivity contribution in [2.75, 3.05) is 26.2 Å². The van der Waals surface area contributed by atoms with Crippen molar-refractivity contribution in [2.45, 2.75) is 71.6 Å². The standard InChI is InChI=1S/C44H53BN8O9/c1-26(2)22-38(45(60)61)47-42(57)39(48-41(56)35-13-9-12-34(46-35)30-10-7-6-8-11-30)28(5)62-44(59)52-20-18-51(19-21-52)25-29-14-16-31(17-15-29)53-40(49-50-43(53)58)33-23-32(27(3)4)36(54)24-37(33)55/h6-17,23-24,26-28,38-39,54-55,60-61H,18-22,25H2,1-5H3,(H,47,57)(H,48,56)(H,50,58)/t28-,38+,39+/m1/s1. The van der Waals surface area contributed by atoms with E-state index in [1.807, 2.05) is 70.2 Å². The minimum atomic E-state index is -1.87. The summed E-state index contributed by atoms with van der Waals surface area (Å²) in [6.45, 7) is 11.3. The van der Waals surface area contributed by atoms with Crippen LogP contribution in [-0.4, -0.2) is 124 Å². The van der Waals surface area contributed by atoms with E-state index in [4.69, 9.17) is 4.74 Å². The average Bonchev–Trinajstić information content (AvgIpc) is 3.63. The third-order valence-corrected chi connectivity index (χ3v) is 10.7. The number of carbonyl (C=O) groups excluding carboxylic acids is 3. The van der Waals surface area contributed by atoms with Gasteiger partial charge < -0.3 is 45.6 Å². The summed E-state index contributed by atoms with van der Waals surface area (Å²) in [5, 5.41) is 64.9. The molecule has 0 saturated carbocycles. The molecule has 0 radical (unpaired) electrons. The van der Waals surface area contributed by atoms with Gasteiger partial charge in [-0.2, -0.15) is 0 Å². The molecule has 0 unspecified atom stereocenters. The molecule has 1 saturated heterocycles. The summed E-state index contributed by atoms with van der Waals surface area (Å²) in [6.07, 6.45) is -1.61. The number of aromatic nitrogens is 4. The molecule has 1 aliphatic rings. The number of amides is 3. The summed E-state index contributed by atoms with van der Waals surface area (Å²) in [7, 11) is -1.87. The molecular weight excluding hydrogens is 795 g/mol. The summed E-state index contributed by atoms with van der Waals surface area (Å²) in [5.41, 5.74) is 3.79. The smallest absolute Gasteiger partial charge is 0.475 e. The largest absolute Gasteiger partial charge is 0.508 e. The molecule has 3 heterocycles. The monoisotopic (exact) mass is 848 g/mol. The van der Waals surface area contributed by atoms with Gasteiger partial charge in [0.05, 0.1) is 22.9 Å². The van der Waals surface area contributed by atoms with Crippen LogP contribution in [0.5, 0.6) is 17.5 Å². The van der Waals surface area contributed by atoms with E-state index in [1.54, 1.807) is 30.3 Å². The van der Waals surface area contributed by atoms with Crippen LogP contribution in [0, 0.1) is 5.92 Å². The van der Waals surface area contributed by atoms with E-state index < -0.39 is 43.1 Å². The number of aromatic hydroxyl groups is 3. The second-order valence-corrected chi connectivity index (χ2v) is 16.1. The molecule has 6 rings (SSSR count). The number of ether oxygens (including phenoxy) is 1. The van der Waals surface area contributed by atoms with Crippen LogP contribution in [0.2, 0.25) is 0 Å². The van der Waals surface area contributed by atoms with E-state index >= 15 is 0 Å².